The number of piperidine rings is 1. The Bertz CT molecular complexity index is 861. The molecule has 0 atom stereocenters. The van der Waals surface area contributed by atoms with E-state index in [0.717, 1.165) is 42.9 Å². The van der Waals surface area contributed by atoms with Crippen molar-refractivity contribution in [3.05, 3.63) is 41.2 Å². The topological polar surface area (TPSA) is 101 Å². The van der Waals surface area contributed by atoms with Crippen LogP contribution in [0.5, 0.6) is 0 Å². The van der Waals surface area contributed by atoms with Crippen molar-refractivity contribution in [1.29, 1.82) is 0 Å². The second-order valence-electron chi connectivity index (χ2n) is 7.98. The highest BCUT2D eigenvalue weighted by atomic mass is 35.5. The molecule has 3 rings (SSSR count). The molecule has 164 valence electrons. The van der Waals surface area contributed by atoms with Crippen LogP contribution in [0.25, 0.3) is 0 Å². The van der Waals surface area contributed by atoms with Crippen LogP contribution in [0.2, 0.25) is 0 Å². The third-order valence-corrected chi connectivity index (χ3v) is 5.05. The van der Waals surface area contributed by atoms with Crippen molar-refractivity contribution >= 4 is 29.9 Å². The van der Waals surface area contributed by atoms with E-state index in [1.807, 2.05) is 49.7 Å². The number of anilines is 1. The maximum atomic E-state index is 12.6. The summed E-state index contributed by atoms with van der Waals surface area (Å²) < 4.78 is 1.88. The quantitative estimate of drug-likeness (QED) is 0.622. The highest BCUT2D eigenvalue weighted by Crippen LogP contribution is 2.20. The number of amides is 2. The Morgan fingerprint density at radius 3 is 2.70 bits per heavy atom. The van der Waals surface area contributed by atoms with E-state index in [1.165, 1.54) is 0 Å². The fourth-order valence-electron chi connectivity index (χ4n) is 3.56. The Kier molecular flexibility index (Phi) is 8.80. The van der Waals surface area contributed by atoms with E-state index in [9.17, 15) is 9.59 Å². The lowest BCUT2D eigenvalue weighted by Gasteiger charge is -2.23. The average Bonchev–Trinajstić information content (AvgIpc) is 3.08. The summed E-state index contributed by atoms with van der Waals surface area (Å²) in [5.41, 5.74) is 2.80. The zero-order valence-corrected chi connectivity index (χ0v) is 18.6. The van der Waals surface area contributed by atoms with E-state index >= 15 is 0 Å². The second kappa shape index (κ2) is 11.1. The average molecular weight is 435 g/mol. The first-order valence-corrected chi connectivity index (χ1v) is 10.2. The normalized spacial score (nSPS) is 14.3. The molecular weight excluding hydrogens is 404 g/mol. The molecule has 2 aromatic rings. The molecule has 2 heterocycles. The van der Waals surface area contributed by atoms with Crippen LogP contribution in [-0.2, 0) is 11.3 Å². The molecule has 1 saturated heterocycles. The van der Waals surface area contributed by atoms with Gasteiger partial charge in [0.05, 0.1) is 11.7 Å². The van der Waals surface area contributed by atoms with Crippen LogP contribution < -0.4 is 16.0 Å². The SMILES string of the molecule is Cc1c(C(=O)NCc2cccc(NC(=O)CC(C)C)c2)nnn1C1CCNCC1.Cl. The van der Waals surface area contributed by atoms with Gasteiger partial charge >= 0.3 is 0 Å². The molecule has 30 heavy (non-hydrogen) atoms. The molecule has 3 N–H and O–H groups in total. The molecule has 1 aliphatic rings. The fraction of sp³-hybridized carbons (Fsp3) is 0.524. The predicted molar refractivity (Wildman–Crippen MR) is 119 cm³/mol. The van der Waals surface area contributed by atoms with Crippen LogP contribution in [0.15, 0.2) is 24.3 Å². The molecule has 0 saturated carbocycles. The maximum Gasteiger partial charge on any atom is 0.274 e. The first-order chi connectivity index (χ1) is 13.9. The highest BCUT2D eigenvalue weighted by Gasteiger charge is 2.22. The zero-order valence-electron chi connectivity index (χ0n) is 17.8. The lowest BCUT2D eigenvalue weighted by molar-refractivity contribution is -0.116. The van der Waals surface area contributed by atoms with Gasteiger partial charge in [0.2, 0.25) is 5.91 Å². The number of hydrogen-bond acceptors (Lipinski definition) is 5. The third-order valence-electron chi connectivity index (χ3n) is 5.05. The second-order valence-corrected chi connectivity index (χ2v) is 7.98. The van der Waals surface area contributed by atoms with E-state index in [-0.39, 0.29) is 30.3 Å². The summed E-state index contributed by atoms with van der Waals surface area (Å²) >= 11 is 0. The Morgan fingerprint density at radius 1 is 1.27 bits per heavy atom. The fourth-order valence-corrected chi connectivity index (χ4v) is 3.56. The van der Waals surface area contributed by atoms with Crippen molar-refractivity contribution in [2.45, 2.75) is 52.6 Å². The molecule has 0 spiro atoms. The predicted octanol–water partition coefficient (Wildman–Crippen LogP) is 2.85. The minimum absolute atomic E-state index is 0. The van der Waals surface area contributed by atoms with E-state index in [2.05, 4.69) is 26.3 Å². The minimum Gasteiger partial charge on any atom is -0.347 e. The maximum absolute atomic E-state index is 12.6. The van der Waals surface area contributed by atoms with Gasteiger partial charge in [0.15, 0.2) is 5.69 Å². The van der Waals surface area contributed by atoms with Gasteiger partial charge < -0.3 is 16.0 Å². The van der Waals surface area contributed by atoms with Crippen LogP contribution in [0.3, 0.4) is 0 Å². The van der Waals surface area contributed by atoms with Gasteiger partial charge in [0.1, 0.15) is 0 Å². The van der Waals surface area contributed by atoms with Gasteiger partial charge in [0, 0.05) is 18.7 Å². The monoisotopic (exact) mass is 434 g/mol. The third kappa shape index (κ3) is 6.27. The van der Waals surface area contributed by atoms with Gasteiger partial charge in [-0.15, -0.1) is 17.5 Å². The van der Waals surface area contributed by atoms with Gasteiger partial charge in [-0.2, -0.15) is 0 Å². The van der Waals surface area contributed by atoms with Crippen molar-refractivity contribution in [2.24, 2.45) is 5.92 Å². The number of carbonyl (C=O) groups is 2. The lowest BCUT2D eigenvalue weighted by Crippen LogP contribution is -2.30. The summed E-state index contributed by atoms with van der Waals surface area (Å²) in [6, 6.07) is 7.79. The molecular formula is C21H31ClN6O2. The first-order valence-electron chi connectivity index (χ1n) is 10.2. The van der Waals surface area contributed by atoms with Gasteiger partial charge in [0.25, 0.3) is 5.91 Å². The number of halogens is 1. The molecule has 0 aliphatic carbocycles. The first kappa shape index (κ1) is 23.8. The summed E-state index contributed by atoms with van der Waals surface area (Å²) in [5, 5.41) is 17.5. The smallest absolute Gasteiger partial charge is 0.274 e. The Labute approximate surface area is 183 Å². The van der Waals surface area contributed by atoms with Crippen molar-refractivity contribution in [2.75, 3.05) is 18.4 Å². The molecule has 1 aromatic carbocycles. The summed E-state index contributed by atoms with van der Waals surface area (Å²) in [5.74, 6) is 0.0577. The van der Waals surface area contributed by atoms with Gasteiger partial charge in [-0.3, -0.25) is 9.59 Å². The molecule has 1 fully saturated rings. The number of rotatable bonds is 7. The summed E-state index contributed by atoms with van der Waals surface area (Å²) in [6.45, 7) is 8.17. The van der Waals surface area contributed by atoms with Crippen LogP contribution in [0.1, 0.15) is 60.9 Å². The summed E-state index contributed by atoms with van der Waals surface area (Å²) in [6.07, 6.45) is 2.45. The number of nitrogens with one attached hydrogen (secondary N) is 3. The van der Waals surface area contributed by atoms with E-state index in [1.54, 1.807) is 0 Å². The molecule has 9 heteroatoms. The van der Waals surface area contributed by atoms with E-state index in [0.29, 0.717) is 24.6 Å². The number of aromatic nitrogens is 3. The largest absolute Gasteiger partial charge is 0.347 e. The number of benzene rings is 1. The summed E-state index contributed by atoms with van der Waals surface area (Å²) in [4.78, 5) is 24.6. The van der Waals surface area contributed by atoms with Crippen LogP contribution in [-0.4, -0.2) is 39.9 Å². The minimum atomic E-state index is -0.239. The van der Waals surface area contributed by atoms with Crippen molar-refractivity contribution in [3.8, 4) is 0 Å². The molecule has 0 radical (unpaired) electrons. The van der Waals surface area contributed by atoms with Crippen molar-refractivity contribution in [1.82, 2.24) is 25.6 Å². The number of nitrogens with zero attached hydrogens (tertiary/aromatic N) is 3. The standard InChI is InChI=1S/C21H30N6O2.ClH/c1-14(2)11-19(28)24-17-6-4-5-16(12-17)13-23-21(29)20-15(3)27(26-25-20)18-7-9-22-10-8-18;/h4-6,12,14,18,22H,7-11,13H2,1-3H3,(H,23,29)(H,24,28);1H. The van der Waals surface area contributed by atoms with Crippen LogP contribution in [0.4, 0.5) is 5.69 Å². The van der Waals surface area contributed by atoms with Gasteiger partial charge in [-0.25, -0.2) is 4.68 Å². The van der Waals surface area contributed by atoms with Crippen molar-refractivity contribution in [3.63, 3.8) is 0 Å². The lowest BCUT2D eigenvalue weighted by atomic mass is 10.1. The molecule has 8 nitrogen and oxygen atoms in total. The molecule has 1 aliphatic heterocycles. The van der Waals surface area contributed by atoms with Crippen molar-refractivity contribution < 1.29 is 9.59 Å². The molecule has 0 bridgehead atoms. The molecule has 0 unspecified atom stereocenters. The van der Waals surface area contributed by atoms with Crippen LogP contribution >= 0.6 is 12.4 Å². The number of hydrogen-bond donors (Lipinski definition) is 3. The Hall–Kier alpha value is -2.45. The Balaban J connectivity index is 0.00000320. The van der Waals surface area contributed by atoms with E-state index in [4.69, 9.17) is 0 Å². The Morgan fingerprint density at radius 2 is 2.00 bits per heavy atom. The summed E-state index contributed by atoms with van der Waals surface area (Å²) in [7, 11) is 0. The highest BCUT2D eigenvalue weighted by molar-refractivity contribution is 5.93. The molecule has 1 aromatic heterocycles. The zero-order chi connectivity index (χ0) is 20.8. The van der Waals surface area contributed by atoms with E-state index < -0.39 is 0 Å². The number of carbonyl (C=O) groups excluding carboxylic acids is 2. The van der Waals surface area contributed by atoms with Crippen LogP contribution in [0, 0.1) is 12.8 Å². The van der Waals surface area contributed by atoms with Gasteiger partial charge in [-0.05, 0) is 56.5 Å². The molecule has 2 amide bonds. The van der Waals surface area contributed by atoms with Gasteiger partial charge in [-0.1, -0.05) is 31.2 Å².